The van der Waals surface area contributed by atoms with E-state index in [4.69, 9.17) is 9.84 Å². The number of carboxylic acids is 1. The second-order valence-corrected chi connectivity index (χ2v) is 4.93. The summed E-state index contributed by atoms with van der Waals surface area (Å²) in [6.45, 7) is 0. The van der Waals surface area contributed by atoms with Crippen molar-refractivity contribution >= 4 is 27.5 Å². The van der Waals surface area contributed by atoms with Crippen molar-refractivity contribution in [2.45, 2.75) is 0 Å². The Kier molecular flexibility index (Phi) is 3.15. The number of carboxylic acid groups (broad SMARTS) is 1. The van der Waals surface area contributed by atoms with Crippen LogP contribution in [0.25, 0.3) is 5.65 Å². The number of aromatic nitrogens is 2. The third-order valence-electron chi connectivity index (χ3n) is 2.78. The molecule has 2 aromatic heterocycles. The van der Waals surface area contributed by atoms with Crippen LogP contribution in [-0.4, -0.2) is 20.5 Å². The maximum Gasteiger partial charge on any atom is 0.335 e. The van der Waals surface area contributed by atoms with E-state index in [9.17, 15) is 4.79 Å². The molecule has 1 aromatic carbocycles. The Balaban J connectivity index is 2.04. The molecule has 5 nitrogen and oxygen atoms in total. The van der Waals surface area contributed by atoms with Crippen LogP contribution in [0.2, 0.25) is 0 Å². The minimum absolute atomic E-state index is 0.168. The first kappa shape index (κ1) is 12.7. The van der Waals surface area contributed by atoms with Gasteiger partial charge in [0.2, 0.25) is 5.88 Å². The van der Waals surface area contributed by atoms with Crippen molar-refractivity contribution in [2.75, 3.05) is 0 Å². The smallest absolute Gasteiger partial charge is 0.335 e. The Hall–Kier alpha value is -2.34. The quantitative estimate of drug-likeness (QED) is 0.796. The molecule has 0 aliphatic heterocycles. The highest BCUT2D eigenvalue weighted by Crippen LogP contribution is 2.30. The Morgan fingerprint density at radius 3 is 2.95 bits per heavy atom. The summed E-state index contributed by atoms with van der Waals surface area (Å²) in [5.41, 5.74) is 0.925. The van der Waals surface area contributed by atoms with Gasteiger partial charge in [-0.15, -0.1) is 0 Å². The first-order chi connectivity index (χ1) is 9.65. The molecule has 0 aliphatic rings. The fraction of sp³-hybridized carbons (Fsp3) is 0. The fourth-order valence-corrected chi connectivity index (χ4v) is 2.16. The van der Waals surface area contributed by atoms with Gasteiger partial charge in [0.15, 0.2) is 0 Å². The van der Waals surface area contributed by atoms with Crippen molar-refractivity contribution in [3.05, 3.63) is 58.8 Å². The van der Waals surface area contributed by atoms with Gasteiger partial charge in [-0.05, 0) is 46.3 Å². The Morgan fingerprint density at radius 1 is 1.30 bits per heavy atom. The van der Waals surface area contributed by atoms with Crippen LogP contribution in [0.4, 0.5) is 0 Å². The molecule has 0 bridgehead atoms. The molecular weight excluding hydrogens is 324 g/mol. The van der Waals surface area contributed by atoms with Crippen LogP contribution < -0.4 is 4.74 Å². The molecule has 0 amide bonds. The number of nitrogens with zero attached hydrogens (tertiary/aromatic N) is 2. The number of benzene rings is 1. The molecular formula is C14H9BrN2O3. The van der Waals surface area contributed by atoms with Crippen LogP contribution in [-0.2, 0) is 0 Å². The maximum absolute atomic E-state index is 11.0. The molecule has 0 saturated carbocycles. The van der Waals surface area contributed by atoms with Crippen LogP contribution in [0.1, 0.15) is 10.4 Å². The lowest BCUT2D eigenvalue weighted by atomic mass is 10.2. The first-order valence-electron chi connectivity index (χ1n) is 5.78. The molecule has 2 heterocycles. The van der Waals surface area contributed by atoms with Crippen LogP contribution in [0.15, 0.2) is 53.3 Å². The molecule has 20 heavy (non-hydrogen) atoms. The van der Waals surface area contributed by atoms with E-state index in [0.29, 0.717) is 16.1 Å². The minimum Gasteiger partial charge on any atom is -0.478 e. The van der Waals surface area contributed by atoms with E-state index < -0.39 is 5.97 Å². The third-order valence-corrected chi connectivity index (χ3v) is 3.44. The van der Waals surface area contributed by atoms with Crippen LogP contribution >= 0.6 is 15.9 Å². The molecule has 100 valence electrons. The molecule has 1 N–H and O–H groups in total. The Labute approximate surface area is 122 Å². The number of ether oxygens (including phenoxy) is 1. The second-order valence-electron chi connectivity index (χ2n) is 4.07. The molecule has 0 radical (unpaired) electrons. The maximum atomic E-state index is 11.0. The van der Waals surface area contributed by atoms with Gasteiger partial charge in [-0.1, -0.05) is 6.07 Å². The van der Waals surface area contributed by atoms with Gasteiger partial charge in [-0.3, -0.25) is 4.40 Å². The summed E-state index contributed by atoms with van der Waals surface area (Å²) >= 11 is 3.35. The molecule has 0 aliphatic carbocycles. The molecule has 0 fully saturated rings. The summed E-state index contributed by atoms with van der Waals surface area (Å²) in [4.78, 5) is 15.2. The highest BCUT2D eigenvalue weighted by Gasteiger charge is 2.10. The monoisotopic (exact) mass is 332 g/mol. The lowest BCUT2D eigenvalue weighted by Crippen LogP contribution is -1.98. The number of imidazole rings is 1. The number of hydrogen-bond donors (Lipinski definition) is 1. The van der Waals surface area contributed by atoms with Crippen molar-refractivity contribution in [2.24, 2.45) is 0 Å². The normalized spacial score (nSPS) is 10.7. The molecule has 6 heteroatoms. The van der Waals surface area contributed by atoms with Gasteiger partial charge in [0, 0.05) is 12.4 Å². The van der Waals surface area contributed by atoms with Gasteiger partial charge in [0.1, 0.15) is 11.4 Å². The van der Waals surface area contributed by atoms with Crippen LogP contribution in [0.5, 0.6) is 11.6 Å². The van der Waals surface area contributed by atoms with Gasteiger partial charge >= 0.3 is 5.97 Å². The summed E-state index contributed by atoms with van der Waals surface area (Å²) in [6, 6.07) is 10.1. The SMILES string of the molecule is O=C(O)c1ccc(Br)c(Oc2cccc3nccn23)c1. The zero-order chi connectivity index (χ0) is 14.1. The summed E-state index contributed by atoms with van der Waals surface area (Å²) in [5, 5.41) is 9.02. The van der Waals surface area contributed by atoms with Crippen molar-refractivity contribution in [3.63, 3.8) is 0 Å². The predicted octanol–water partition coefficient (Wildman–Crippen LogP) is 3.59. The first-order valence-corrected chi connectivity index (χ1v) is 6.57. The molecule has 0 spiro atoms. The molecule has 0 saturated heterocycles. The fourth-order valence-electron chi connectivity index (χ4n) is 1.83. The van der Waals surface area contributed by atoms with Gasteiger partial charge < -0.3 is 9.84 Å². The molecule has 0 unspecified atom stereocenters. The van der Waals surface area contributed by atoms with E-state index in [2.05, 4.69) is 20.9 Å². The molecule has 3 rings (SSSR count). The molecule has 0 atom stereocenters. The van der Waals surface area contributed by atoms with Gasteiger partial charge in [-0.2, -0.15) is 0 Å². The standard InChI is InChI=1S/C14H9BrN2O3/c15-10-5-4-9(14(18)19)8-11(10)20-13-3-1-2-12-16-6-7-17(12)13/h1-8H,(H,18,19). The van der Waals surface area contributed by atoms with E-state index in [-0.39, 0.29) is 5.56 Å². The summed E-state index contributed by atoms with van der Waals surface area (Å²) in [5.74, 6) is -0.00229. The lowest BCUT2D eigenvalue weighted by Gasteiger charge is -2.10. The predicted molar refractivity (Wildman–Crippen MR) is 76.4 cm³/mol. The zero-order valence-corrected chi connectivity index (χ0v) is 11.7. The third kappa shape index (κ3) is 2.25. The van der Waals surface area contributed by atoms with E-state index in [1.54, 1.807) is 28.9 Å². The Bertz CT molecular complexity index is 798. The Morgan fingerprint density at radius 2 is 2.15 bits per heavy atom. The van der Waals surface area contributed by atoms with E-state index >= 15 is 0 Å². The van der Waals surface area contributed by atoms with Crippen molar-refractivity contribution < 1.29 is 14.6 Å². The summed E-state index contributed by atoms with van der Waals surface area (Å²) < 4.78 is 8.24. The topological polar surface area (TPSA) is 63.8 Å². The highest BCUT2D eigenvalue weighted by molar-refractivity contribution is 9.10. The van der Waals surface area contributed by atoms with Crippen molar-refractivity contribution in [1.29, 1.82) is 0 Å². The average molecular weight is 333 g/mol. The number of fused-ring (bicyclic) bond motifs is 1. The van der Waals surface area contributed by atoms with Gasteiger partial charge in [0.25, 0.3) is 0 Å². The van der Waals surface area contributed by atoms with E-state index in [1.807, 2.05) is 12.1 Å². The largest absolute Gasteiger partial charge is 0.478 e. The number of carbonyl (C=O) groups is 1. The minimum atomic E-state index is -0.997. The summed E-state index contributed by atoms with van der Waals surface area (Å²) in [6.07, 6.45) is 3.45. The zero-order valence-electron chi connectivity index (χ0n) is 10.2. The van der Waals surface area contributed by atoms with Gasteiger partial charge in [-0.25, -0.2) is 9.78 Å². The second kappa shape index (κ2) is 4.97. The number of hydrogen-bond acceptors (Lipinski definition) is 3. The van der Waals surface area contributed by atoms with Crippen molar-refractivity contribution in [3.8, 4) is 11.6 Å². The van der Waals surface area contributed by atoms with Crippen LogP contribution in [0.3, 0.4) is 0 Å². The summed E-state index contributed by atoms with van der Waals surface area (Å²) in [7, 11) is 0. The lowest BCUT2D eigenvalue weighted by molar-refractivity contribution is 0.0696. The van der Waals surface area contributed by atoms with E-state index in [1.165, 1.54) is 12.1 Å². The van der Waals surface area contributed by atoms with Gasteiger partial charge in [0.05, 0.1) is 10.0 Å². The highest BCUT2D eigenvalue weighted by atomic mass is 79.9. The van der Waals surface area contributed by atoms with Crippen LogP contribution in [0, 0.1) is 0 Å². The average Bonchev–Trinajstić information content (AvgIpc) is 2.90. The molecule has 3 aromatic rings. The number of pyridine rings is 1. The number of aromatic carboxylic acids is 1. The number of halogens is 1. The van der Waals surface area contributed by atoms with E-state index in [0.717, 1.165) is 5.65 Å². The van der Waals surface area contributed by atoms with Crippen molar-refractivity contribution in [1.82, 2.24) is 9.38 Å². The number of rotatable bonds is 3.